The first-order chi connectivity index (χ1) is 8.09. The van der Waals surface area contributed by atoms with Crippen LogP contribution in [0.5, 0.6) is 11.5 Å². The Kier molecular flexibility index (Phi) is 3.19. The maximum absolute atomic E-state index is 6.00. The van der Waals surface area contributed by atoms with Crippen molar-refractivity contribution in [1.29, 1.82) is 0 Å². The summed E-state index contributed by atoms with van der Waals surface area (Å²) in [6.07, 6.45) is 0. The van der Waals surface area contributed by atoms with E-state index >= 15 is 0 Å². The molecule has 0 radical (unpaired) electrons. The van der Waals surface area contributed by atoms with Crippen molar-refractivity contribution in [2.75, 3.05) is 0 Å². The molecule has 0 amide bonds. The number of hydrogen-bond donors (Lipinski definition) is 0. The van der Waals surface area contributed by atoms with Crippen molar-refractivity contribution in [3.8, 4) is 11.5 Å². The van der Waals surface area contributed by atoms with Gasteiger partial charge in [0, 0.05) is 0 Å². The molecular formula is C16H18O. The maximum atomic E-state index is 6.00. The molecule has 0 fully saturated rings. The van der Waals surface area contributed by atoms with Gasteiger partial charge in [-0.2, -0.15) is 0 Å². The van der Waals surface area contributed by atoms with E-state index in [1.54, 1.807) is 0 Å². The van der Waals surface area contributed by atoms with Crippen LogP contribution in [0.2, 0.25) is 0 Å². The summed E-state index contributed by atoms with van der Waals surface area (Å²) in [5.41, 5.74) is 4.99. The van der Waals surface area contributed by atoms with Crippen molar-refractivity contribution in [3.05, 3.63) is 58.7 Å². The molecule has 0 unspecified atom stereocenters. The number of ether oxygens (including phenoxy) is 1. The van der Waals surface area contributed by atoms with E-state index in [1.165, 1.54) is 22.3 Å². The lowest BCUT2D eigenvalue weighted by Gasteiger charge is -2.15. The highest BCUT2D eigenvalue weighted by atomic mass is 16.5. The molecular weight excluding hydrogens is 208 g/mol. The van der Waals surface area contributed by atoms with Crippen LogP contribution in [0.25, 0.3) is 0 Å². The molecule has 88 valence electrons. The first-order valence-electron chi connectivity index (χ1n) is 5.90. The predicted octanol–water partition coefficient (Wildman–Crippen LogP) is 4.71. The Morgan fingerprint density at radius 2 is 1.29 bits per heavy atom. The molecule has 2 aromatic carbocycles. The Balaban J connectivity index is 2.46. The van der Waals surface area contributed by atoms with Crippen molar-refractivity contribution >= 4 is 0 Å². The molecule has 0 bridgehead atoms. The Morgan fingerprint density at radius 1 is 0.765 bits per heavy atom. The fraction of sp³-hybridized carbons (Fsp3) is 0.250. The highest BCUT2D eigenvalue weighted by molar-refractivity contribution is 5.50. The summed E-state index contributed by atoms with van der Waals surface area (Å²) in [6.45, 7) is 8.47. The summed E-state index contributed by atoms with van der Waals surface area (Å²) in [5, 5.41) is 0. The zero-order valence-electron chi connectivity index (χ0n) is 10.9. The van der Waals surface area contributed by atoms with E-state index in [0.717, 1.165) is 11.5 Å². The Morgan fingerprint density at radius 3 is 1.82 bits per heavy atom. The van der Waals surface area contributed by atoms with Crippen LogP contribution in [0.1, 0.15) is 22.3 Å². The Labute approximate surface area is 103 Å². The monoisotopic (exact) mass is 226 g/mol. The molecule has 0 aromatic heterocycles. The van der Waals surface area contributed by atoms with E-state index in [1.807, 2.05) is 30.3 Å². The molecule has 2 aromatic rings. The molecule has 0 heterocycles. The molecule has 0 aliphatic heterocycles. The van der Waals surface area contributed by atoms with Crippen molar-refractivity contribution in [1.82, 2.24) is 0 Å². The standard InChI is InChI=1S/C16H18O/c1-11-10-12(2)14(4)16(13(11)3)17-15-8-6-5-7-9-15/h5-10H,1-4H3. The summed E-state index contributed by atoms with van der Waals surface area (Å²) in [5.74, 6) is 1.89. The quantitative estimate of drug-likeness (QED) is 0.720. The van der Waals surface area contributed by atoms with Gasteiger partial charge in [0.15, 0.2) is 0 Å². The molecule has 0 saturated heterocycles. The fourth-order valence-electron chi connectivity index (χ4n) is 1.94. The molecule has 1 heteroatoms. The topological polar surface area (TPSA) is 9.23 Å². The van der Waals surface area contributed by atoms with E-state index in [9.17, 15) is 0 Å². The van der Waals surface area contributed by atoms with Crippen LogP contribution in [0, 0.1) is 27.7 Å². The van der Waals surface area contributed by atoms with Crippen LogP contribution in [0.15, 0.2) is 36.4 Å². The smallest absolute Gasteiger partial charge is 0.133 e. The number of hydrogen-bond acceptors (Lipinski definition) is 1. The SMILES string of the molecule is Cc1cc(C)c(C)c(Oc2ccccc2)c1C. The van der Waals surface area contributed by atoms with E-state index < -0.39 is 0 Å². The summed E-state index contributed by atoms with van der Waals surface area (Å²) >= 11 is 0. The van der Waals surface area contributed by atoms with Crippen LogP contribution < -0.4 is 4.74 Å². The third-order valence-electron chi connectivity index (χ3n) is 3.26. The fourth-order valence-corrected chi connectivity index (χ4v) is 1.94. The lowest BCUT2D eigenvalue weighted by molar-refractivity contribution is 0.474. The summed E-state index contributed by atoms with van der Waals surface area (Å²) in [7, 11) is 0. The molecule has 17 heavy (non-hydrogen) atoms. The van der Waals surface area contributed by atoms with Gasteiger partial charge in [0.25, 0.3) is 0 Å². The maximum Gasteiger partial charge on any atom is 0.133 e. The zero-order valence-corrected chi connectivity index (χ0v) is 10.9. The number of aryl methyl sites for hydroxylation is 2. The van der Waals surface area contributed by atoms with Gasteiger partial charge in [-0.15, -0.1) is 0 Å². The normalized spacial score (nSPS) is 10.4. The summed E-state index contributed by atoms with van der Waals surface area (Å²) < 4.78 is 6.00. The average Bonchev–Trinajstić information content (AvgIpc) is 2.33. The van der Waals surface area contributed by atoms with Gasteiger partial charge < -0.3 is 4.74 Å². The van der Waals surface area contributed by atoms with E-state index in [-0.39, 0.29) is 0 Å². The van der Waals surface area contributed by atoms with Crippen molar-refractivity contribution < 1.29 is 4.74 Å². The zero-order chi connectivity index (χ0) is 12.4. The minimum Gasteiger partial charge on any atom is -0.457 e. The van der Waals surface area contributed by atoms with Gasteiger partial charge in [0.2, 0.25) is 0 Å². The third kappa shape index (κ3) is 2.33. The van der Waals surface area contributed by atoms with E-state index in [4.69, 9.17) is 4.74 Å². The lowest BCUT2D eigenvalue weighted by Crippen LogP contribution is -1.96. The molecule has 0 aliphatic rings. The van der Waals surface area contributed by atoms with Crippen LogP contribution in [0.4, 0.5) is 0 Å². The highest BCUT2D eigenvalue weighted by Gasteiger charge is 2.10. The first-order valence-corrected chi connectivity index (χ1v) is 5.90. The van der Waals surface area contributed by atoms with Gasteiger partial charge >= 0.3 is 0 Å². The van der Waals surface area contributed by atoms with Gasteiger partial charge in [-0.3, -0.25) is 0 Å². The van der Waals surface area contributed by atoms with Crippen LogP contribution in [-0.2, 0) is 0 Å². The second kappa shape index (κ2) is 4.62. The molecule has 0 saturated carbocycles. The second-order valence-electron chi connectivity index (χ2n) is 4.50. The van der Waals surface area contributed by atoms with E-state index in [0.29, 0.717) is 0 Å². The molecule has 0 aliphatic carbocycles. The minimum atomic E-state index is 0.892. The average molecular weight is 226 g/mol. The van der Waals surface area contributed by atoms with Gasteiger partial charge in [-0.25, -0.2) is 0 Å². The first kappa shape index (κ1) is 11.7. The van der Waals surface area contributed by atoms with Gasteiger partial charge in [-0.1, -0.05) is 24.3 Å². The number of para-hydroxylation sites is 1. The highest BCUT2D eigenvalue weighted by Crippen LogP contribution is 2.32. The van der Waals surface area contributed by atoms with Gasteiger partial charge in [0.05, 0.1) is 0 Å². The minimum absolute atomic E-state index is 0.892. The largest absolute Gasteiger partial charge is 0.457 e. The number of benzene rings is 2. The summed E-state index contributed by atoms with van der Waals surface area (Å²) in [4.78, 5) is 0. The Hall–Kier alpha value is -1.76. The predicted molar refractivity (Wildman–Crippen MR) is 71.9 cm³/mol. The third-order valence-corrected chi connectivity index (χ3v) is 3.26. The van der Waals surface area contributed by atoms with Crippen LogP contribution in [-0.4, -0.2) is 0 Å². The lowest BCUT2D eigenvalue weighted by atomic mass is 10.00. The van der Waals surface area contributed by atoms with Gasteiger partial charge in [0.1, 0.15) is 11.5 Å². The second-order valence-corrected chi connectivity index (χ2v) is 4.50. The van der Waals surface area contributed by atoms with Crippen molar-refractivity contribution in [2.45, 2.75) is 27.7 Å². The molecule has 1 nitrogen and oxygen atoms in total. The van der Waals surface area contributed by atoms with Gasteiger partial charge in [-0.05, 0) is 62.1 Å². The van der Waals surface area contributed by atoms with Crippen molar-refractivity contribution in [2.24, 2.45) is 0 Å². The molecule has 0 N–H and O–H groups in total. The summed E-state index contributed by atoms with van der Waals surface area (Å²) in [6, 6.07) is 12.1. The molecule has 2 rings (SSSR count). The Bertz CT molecular complexity index is 501. The van der Waals surface area contributed by atoms with Crippen molar-refractivity contribution in [3.63, 3.8) is 0 Å². The molecule has 0 atom stereocenters. The molecule has 0 spiro atoms. The van der Waals surface area contributed by atoms with E-state index in [2.05, 4.69) is 33.8 Å². The van der Waals surface area contributed by atoms with Crippen LogP contribution >= 0.6 is 0 Å². The van der Waals surface area contributed by atoms with Crippen LogP contribution in [0.3, 0.4) is 0 Å². The number of rotatable bonds is 2.